The lowest BCUT2D eigenvalue weighted by Crippen LogP contribution is -2.27. The highest BCUT2D eigenvalue weighted by atomic mass is 19.2. The van der Waals surface area contributed by atoms with Gasteiger partial charge < -0.3 is 61.6 Å². The Morgan fingerprint density at radius 3 is 0.927 bits per heavy atom. The Balaban J connectivity index is 1.73. The molecule has 20 heteroatoms. The molecule has 0 radical (unpaired) electrons. The zero-order chi connectivity index (χ0) is 40.6. The van der Waals surface area contributed by atoms with Gasteiger partial charge in [0.15, 0.2) is 0 Å². The van der Waals surface area contributed by atoms with Gasteiger partial charge in [-0.25, -0.2) is 18.0 Å². The lowest BCUT2D eigenvalue weighted by Gasteiger charge is -2.19. The third kappa shape index (κ3) is 27.6. The van der Waals surface area contributed by atoms with Crippen LogP contribution in [0.2, 0.25) is 0 Å². The minimum Gasteiger partial charge on any atom is -0.458 e. The Morgan fingerprint density at radius 2 is 0.636 bits per heavy atom. The monoisotopic (exact) mass is 810 g/mol. The number of carbonyl (C=O) groups excluding carboxylic acids is 2. The molecule has 1 aromatic rings. The van der Waals surface area contributed by atoms with E-state index in [-0.39, 0.29) is 33.0 Å². The summed E-state index contributed by atoms with van der Waals surface area (Å²) in [4.78, 5) is 23.2. The summed E-state index contributed by atoms with van der Waals surface area (Å²) in [5.41, 5.74) is -0.533. The molecular formula is C35H55F5O15. The second-order valence-corrected chi connectivity index (χ2v) is 11.9. The highest BCUT2D eigenvalue weighted by Gasteiger charge is 2.28. The van der Waals surface area contributed by atoms with Gasteiger partial charge in [-0.1, -0.05) is 0 Å². The molecule has 0 amide bonds. The van der Waals surface area contributed by atoms with E-state index in [1.54, 1.807) is 20.8 Å². The summed E-state index contributed by atoms with van der Waals surface area (Å²) in [6.07, 6.45) is -0.492. The molecule has 0 saturated heterocycles. The topological polar surface area (TPSA) is 154 Å². The molecular weight excluding hydrogens is 755 g/mol. The van der Waals surface area contributed by atoms with Gasteiger partial charge in [0, 0.05) is 0 Å². The molecule has 0 aromatic heterocycles. The van der Waals surface area contributed by atoms with Gasteiger partial charge >= 0.3 is 11.9 Å². The van der Waals surface area contributed by atoms with Gasteiger partial charge in [0.1, 0.15) is 12.2 Å². The maximum absolute atomic E-state index is 13.5. The molecule has 0 aliphatic heterocycles. The van der Waals surface area contributed by atoms with Crippen LogP contribution in [0.15, 0.2) is 0 Å². The molecule has 0 saturated carbocycles. The number of hydrogen-bond acceptors (Lipinski definition) is 15. The second kappa shape index (κ2) is 32.5. The van der Waals surface area contributed by atoms with Crippen LogP contribution in [-0.2, 0) is 66.4 Å². The fourth-order valence-corrected chi connectivity index (χ4v) is 3.72. The summed E-state index contributed by atoms with van der Waals surface area (Å²) in [7, 11) is 0. The van der Waals surface area contributed by atoms with Crippen molar-refractivity contribution in [1.29, 1.82) is 0 Å². The van der Waals surface area contributed by atoms with Crippen molar-refractivity contribution in [3.8, 4) is 5.75 Å². The summed E-state index contributed by atoms with van der Waals surface area (Å²) in [5, 5.41) is 0. The maximum Gasteiger partial charge on any atom is 0.332 e. The number of esters is 2. The molecule has 0 aliphatic rings. The molecule has 1 rings (SSSR count). The van der Waals surface area contributed by atoms with E-state index in [2.05, 4.69) is 4.74 Å². The smallest absolute Gasteiger partial charge is 0.332 e. The first kappa shape index (κ1) is 50.4. The molecule has 15 nitrogen and oxygen atoms in total. The number of hydrogen-bond donors (Lipinski definition) is 0. The molecule has 1 aromatic carbocycles. The van der Waals surface area contributed by atoms with Crippen LogP contribution in [0, 0.1) is 29.1 Å². The van der Waals surface area contributed by atoms with Gasteiger partial charge in [-0.2, -0.15) is 8.78 Å². The highest BCUT2D eigenvalue weighted by Crippen LogP contribution is 2.29. The Hall–Kier alpha value is -2.63. The Kier molecular flexibility index (Phi) is 29.7. The normalized spacial score (nSPS) is 11.7. The van der Waals surface area contributed by atoms with Crippen LogP contribution >= 0.6 is 0 Å². The van der Waals surface area contributed by atoms with Crippen LogP contribution in [0.4, 0.5) is 22.0 Å². The minimum absolute atomic E-state index is 0.0739. The molecule has 55 heavy (non-hydrogen) atoms. The standard InChI is InChI=1S/C35H55F5O15/c1-35(2,3)55-28(42)26-53-25-24-52-23-22-51-21-20-50-19-18-49-17-16-48-15-14-47-13-12-46-11-10-45-9-8-44-7-6-43-5-4-27(41)54-34-32(39)30(37)29(36)31(38)33(34)40/h4-26H2,1-3H3. The number of carbonyl (C=O) groups is 2. The van der Waals surface area contributed by atoms with Crippen molar-refractivity contribution in [2.24, 2.45) is 0 Å². The lowest BCUT2D eigenvalue weighted by molar-refractivity contribution is -0.160. The van der Waals surface area contributed by atoms with Crippen molar-refractivity contribution in [2.45, 2.75) is 32.8 Å². The van der Waals surface area contributed by atoms with Crippen LogP contribution in [0.25, 0.3) is 0 Å². The molecule has 0 spiro atoms. The van der Waals surface area contributed by atoms with Crippen molar-refractivity contribution in [1.82, 2.24) is 0 Å². The van der Waals surface area contributed by atoms with E-state index in [0.29, 0.717) is 112 Å². The minimum atomic E-state index is -2.35. The summed E-state index contributed by atoms with van der Waals surface area (Å²) >= 11 is 0. The first-order chi connectivity index (χ1) is 26.4. The van der Waals surface area contributed by atoms with E-state index < -0.39 is 58.8 Å². The highest BCUT2D eigenvalue weighted by molar-refractivity contribution is 5.72. The summed E-state index contributed by atoms with van der Waals surface area (Å²) in [5.74, 6) is -14.6. The van der Waals surface area contributed by atoms with Crippen LogP contribution in [0.1, 0.15) is 27.2 Å². The van der Waals surface area contributed by atoms with Crippen LogP contribution in [0.5, 0.6) is 5.75 Å². The zero-order valence-corrected chi connectivity index (χ0v) is 31.8. The molecule has 0 atom stereocenters. The van der Waals surface area contributed by atoms with Crippen molar-refractivity contribution < 1.29 is 93.1 Å². The Bertz CT molecular complexity index is 1130. The first-order valence-electron chi connectivity index (χ1n) is 17.7. The van der Waals surface area contributed by atoms with Gasteiger partial charge in [0.05, 0.1) is 145 Å². The van der Waals surface area contributed by atoms with E-state index in [0.717, 1.165) is 0 Å². The largest absolute Gasteiger partial charge is 0.458 e. The van der Waals surface area contributed by atoms with Gasteiger partial charge in [0.2, 0.25) is 34.8 Å². The van der Waals surface area contributed by atoms with Crippen molar-refractivity contribution in [2.75, 3.05) is 145 Å². The van der Waals surface area contributed by atoms with Crippen LogP contribution in [-0.4, -0.2) is 163 Å². The van der Waals surface area contributed by atoms with E-state index in [1.165, 1.54) is 0 Å². The third-order valence-electron chi connectivity index (χ3n) is 6.20. The number of benzene rings is 1. The summed E-state index contributed by atoms with van der Waals surface area (Å²) < 4.78 is 135. The second-order valence-electron chi connectivity index (χ2n) is 11.9. The van der Waals surface area contributed by atoms with Gasteiger partial charge in [-0.15, -0.1) is 0 Å². The number of rotatable bonds is 36. The fraction of sp³-hybridized carbons (Fsp3) is 0.771. The van der Waals surface area contributed by atoms with Crippen molar-refractivity contribution in [3.63, 3.8) is 0 Å². The molecule has 0 aliphatic carbocycles. The molecule has 0 heterocycles. The zero-order valence-electron chi connectivity index (χ0n) is 31.8. The van der Waals surface area contributed by atoms with Crippen LogP contribution < -0.4 is 4.74 Å². The van der Waals surface area contributed by atoms with E-state index in [1.807, 2.05) is 0 Å². The first-order valence-corrected chi connectivity index (χ1v) is 17.7. The Morgan fingerprint density at radius 1 is 0.382 bits per heavy atom. The molecule has 0 N–H and O–H groups in total. The van der Waals surface area contributed by atoms with Gasteiger partial charge in [-0.05, 0) is 20.8 Å². The summed E-state index contributed by atoms with van der Waals surface area (Å²) in [6.45, 7) is 12.3. The average Bonchev–Trinajstić information content (AvgIpc) is 3.14. The predicted octanol–water partition coefficient (Wildman–Crippen LogP) is 3.20. The molecule has 320 valence electrons. The summed E-state index contributed by atoms with van der Waals surface area (Å²) in [6, 6.07) is 0. The van der Waals surface area contributed by atoms with Gasteiger partial charge in [0.25, 0.3) is 0 Å². The predicted molar refractivity (Wildman–Crippen MR) is 181 cm³/mol. The van der Waals surface area contributed by atoms with E-state index in [9.17, 15) is 31.5 Å². The lowest BCUT2D eigenvalue weighted by atomic mass is 10.2. The van der Waals surface area contributed by atoms with Gasteiger partial charge in [-0.3, -0.25) is 4.79 Å². The Labute approximate surface area is 318 Å². The quantitative estimate of drug-likeness (QED) is 0.0243. The average molecular weight is 811 g/mol. The van der Waals surface area contributed by atoms with Crippen LogP contribution in [0.3, 0.4) is 0 Å². The van der Waals surface area contributed by atoms with Crippen molar-refractivity contribution in [3.05, 3.63) is 29.1 Å². The maximum atomic E-state index is 13.5. The van der Waals surface area contributed by atoms with Crippen molar-refractivity contribution >= 4 is 11.9 Å². The van der Waals surface area contributed by atoms with E-state index >= 15 is 0 Å². The molecule has 0 fully saturated rings. The molecule has 0 bridgehead atoms. The number of halogens is 5. The fourth-order valence-electron chi connectivity index (χ4n) is 3.72. The number of ether oxygens (including phenoxy) is 13. The SMILES string of the molecule is CC(C)(C)OC(=O)COCCOCCOCCOCCOCCOCCOCCOCCOCCOCCOCCC(=O)Oc1c(F)c(F)c(F)c(F)c1F. The third-order valence-corrected chi connectivity index (χ3v) is 6.20. The van der Waals surface area contributed by atoms with E-state index in [4.69, 9.17) is 56.8 Å². The molecule has 0 unspecified atom stereocenters.